The number of aliphatic hydroxyl groups excluding tert-OH is 2. The van der Waals surface area contributed by atoms with Crippen molar-refractivity contribution in [1.82, 2.24) is 14.9 Å². The number of phenolic OH excluding ortho intramolecular Hbond substituents is 1. The van der Waals surface area contributed by atoms with Gasteiger partial charge in [-0.25, -0.2) is 4.98 Å². The number of nitrogens with zero attached hydrogens (tertiary/aromatic N) is 3. The first-order valence-electron chi connectivity index (χ1n) is 13.4. The predicted molar refractivity (Wildman–Crippen MR) is 153 cm³/mol. The largest absolute Gasteiger partial charge is 0.510 e. The molecule has 218 valence electrons. The minimum atomic E-state index is -2.69. The highest BCUT2D eigenvalue weighted by atomic mass is 16.3. The summed E-state index contributed by atoms with van der Waals surface area (Å²) in [6, 6.07) is 8.01. The number of primary amides is 1. The Hall–Kier alpha value is -4.68. The molecule has 0 spiro atoms. The Kier molecular flexibility index (Phi) is 6.00. The van der Waals surface area contributed by atoms with Crippen LogP contribution in [0, 0.1) is 11.8 Å². The number of H-pyrrole nitrogens is 1. The molecule has 4 atom stereocenters. The number of para-hydroxylation sites is 2. The number of phenols is 1. The van der Waals surface area contributed by atoms with Crippen LogP contribution in [0.4, 0.5) is 5.69 Å². The number of anilines is 1. The standard InChI is InChI=1S/C30H31N5O7/c1-34(2)18-11-14(29-32-16-7-5-6-8-17(16)33-29)23(36)20-13(18)9-12-10-15-22(35(3)4)25(38)21(28(31)41)27(40)30(15,42)26(39)19(12)24(20)37/h5-8,11-12,15,22,36,38-39,42H,9-10H2,1-4H3,(H2,31,41)(H,32,33)/t12-,15-,22-,30-/m0/s1. The number of imidazole rings is 1. The molecule has 6 rings (SSSR count). The zero-order chi connectivity index (χ0) is 30.4. The Morgan fingerprint density at radius 2 is 1.81 bits per heavy atom. The Balaban J connectivity index is 1.57. The van der Waals surface area contributed by atoms with Gasteiger partial charge in [-0.3, -0.25) is 19.3 Å². The highest BCUT2D eigenvalue weighted by Crippen LogP contribution is 2.54. The molecule has 0 saturated heterocycles. The fourth-order valence-corrected chi connectivity index (χ4v) is 6.96. The van der Waals surface area contributed by atoms with E-state index >= 15 is 0 Å². The van der Waals surface area contributed by atoms with Crippen LogP contribution in [0.5, 0.6) is 5.75 Å². The first-order chi connectivity index (χ1) is 19.8. The van der Waals surface area contributed by atoms with Gasteiger partial charge in [0.25, 0.3) is 5.91 Å². The summed E-state index contributed by atoms with van der Waals surface area (Å²) in [5.74, 6) is -6.57. The fourth-order valence-electron chi connectivity index (χ4n) is 6.96. The molecule has 3 aliphatic carbocycles. The molecule has 2 aromatic carbocycles. The van der Waals surface area contributed by atoms with Gasteiger partial charge in [-0.05, 0) is 56.6 Å². The third-order valence-corrected chi connectivity index (χ3v) is 8.83. The SMILES string of the molecule is CN(C)c1cc(-c2nc3ccccc3[nH]2)c(O)c2c1C[C@H]1C[C@H]3[C@H](N(C)C)C(O)=C(C(N)=O)C(=O)[C@@]3(O)C(O)=C1C2=O. The highest BCUT2D eigenvalue weighted by Gasteiger charge is 2.63. The molecule has 7 N–H and O–H groups in total. The summed E-state index contributed by atoms with van der Waals surface area (Å²) < 4.78 is 0. The lowest BCUT2D eigenvalue weighted by molar-refractivity contribution is -0.148. The van der Waals surface area contributed by atoms with Gasteiger partial charge in [-0.1, -0.05) is 12.1 Å². The van der Waals surface area contributed by atoms with E-state index in [2.05, 4.69) is 9.97 Å². The van der Waals surface area contributed by atoms with E-state index in [9.17, 15) is 34.8 Å². The Bertz CT molecular complexity index is 1750. The van der Waals surface area contributed by atoms with Gasteiger partial charge in [0, 0.05) is 31.3 Å². The number of hydrogen-bond donors (Lipinski definition) is 6. The van der Waals surface area contributed by atoms with Crippen molar-refractivity contribution in [3.8, 4) is 17.1 Å². The maximum absolute atomic E-state index is 14.2. The van der Waals surface area contributed by atoms with Crippen molar-refractivity contribution in [3.05, 3.63) is 64.1 Å². The Morgan fingerprint density at radius 3 is 2.43 bits per heavy atom. The van der Waals surface area contributed by atoms with Crippen LogP contribution in [0.25, 0.3) is 22.4 Å². The molecule has 12 nitrogen and oxygen atoms in total. The Labute approximate surface area is 240 Å². The summed E-state index contributed by atoms with van der Waals surface area (Å²) in [4.78, 5) is 51.0. The van der Waals surface area contributed by atoms with Gasteiger partial charge >= 0.3 is 0 Å². The molecule has 3 aromatic rings. The zero-order valence-corrected chi connectivity index (χ0v) is 23.5. The molecule has 0 radical (unpaired) electrons. The molecule has 1 amide bonds. The second kappa shape index (κ2) is 9.16. The third-order valence-electron chi connectivity index (χ3n) is 8.83. The maximum Gasteiger partial charge on any atom is 0.255 e. The van der Waals surface area contributed by atoms with Crippen molar-refractivity contribution in [1.29, 1.82) is 0 Å². The minimum Gasteiger partial charge on any atom is -0.510 e. The van der Waals surface area contributed by atoms with Crippen LogP contribution in [0.2, 0.25) is 0 Å². The average Bonchev–Trinajstić information content (AvgIpc) is 3.34. The molecule has 1 heterocycles. The average molecular weight is 574 g/mol. The molecule has 0 fully saturated rings. The molecular weight excluding hydrogens is 542 g/mol. The number of rotatable bonds is 4. The van der Waals surface area contributed by atoms with Crippen molar-refractivity contribution in [2.75, 3.05) is 33.1 Å². The number of nitrogens with two attached hydrogens (primary N) is 1. The molecule has 1 aromatic heterocycles. The number of benzene rings is 2. The third kappa shape index (κ3) is 3.55. The van der Waals surface area contributed by atoms with E-state index in [4.69, 9.17) is 5.73 Å². The lowest BCUT2D eigenvalue weighted by Gasteiger charge is -2.50. The number of carbonyl (C=O) groups excluding carboxylic acids is 3. The monoisotopic (exact) mass is 573 g/mol. The fraction of sp³-hybridized carbons (Fsp3) is 0.333. The predicted octanol–water partition coefficient (Wildman–Crippen LogP) is 1.73. The second-order valence-corrected chi connectivity index (χ2v) is 11.6. The van der Waals surface area contributed by atoms with Crippen LogP contribution in [0.3, 0.4) is 0 Å². The van der Waals surface area contributed by atoms with Crippen LogP contribution in [-0.2, 0) is 16.0 Å². The summed E-state index contributed by atoms with van der Waals surface area (Å²) in [5.41, 5.74) is 4.43. The van der Waals surface area contributed by atoms with Crippen molar-refractivity contribution in [2.45, 2.75) is 24.5 Å². The zero-order valence-electron chi connectivity index (χ0n) is 23.5. The lowest BCUT2D eigenvalue weighted by atomic mass is 9.58. The Morgan fingerprint density at radius 1 is 1.12 bits per heavy atom. The normalized spacial score (nSPS) is 25.5. The second-order valence-electron chi connectivity index (χ2n) is 11.6. The molecule has 0 bridgehead atoms. The van der Waals surface area contributed by atoms with Gasteiger partial charge in [-0.2, -0.15) is 0 Å². The van der Waals surface area contributed by atoms with Gasteiger partial charge in [-0.15, -0.1) is 0 Å². The number of amides is 1. The van der Waals surface area contributed by atoms with Crippen molar-refractivity contribution in [3.63, 3.8) is 0 Å². The van der Waals surface area contributed by atoms with Crippen LogP contribution in [0.15, 0.2) is 53.0 Å². The summed E-state index contributed by atoms with van der Waals surface area (Å²) in [5, 5.41) is 45.9. The number of fused-ring (bicyclic) bond motifs is 4. The van der Waals surface area contributed by atoms with Gasteiger partial charge in [0.05, 0.1) is 28.2 Å². The molecule has 3 aliphatic rings. The van der Waals surface area contributed by atoms with Crippen molar-refractivity contribution >= 4 is 34.2 Å². The van der Waals surface area contributed by atoms with Crippen LogP contribution in [0.1, 0.15) is 22.3 Å². The van der Waals surface area contributed by atoms with Crippen LogP contribution >= 0.6 is 0 Å². The van der Waals surface area contributed by atoms with E-state index in [1.165, 1.54) is 4.90 Å². The van der Waals surface area contributed by atoms with E-state index in [0.717, 1.165) is 5.52 Å². The smallest absolute Gasteiger partial charge is 0.255 e. The molecule has 0 aliphatic heterocycles. The number of allylic oxidation sites excluding steroid dienone is 1. The number of aromatic nitrogens is 2. The summed E-state index contributed by atoms with van der Waals surface area (Å²) in [6.07, 6.45) is 0.209. The summed E-state index contributed by atoms with van der Waals surface area (Å²) in [6.45, 7) is 0. The lowest BCUT2D eigenvalue weighted by Crippen LogP contribution is -2.63. The molecular formula is C30H31N5O7. The van der Waals surface area contributed by atoms with E-state index in [1.54, 1.807) is 34.3 Å². The number of nitrogens with one attached hydrogen (secondary N) is 1. The minimum absolute atomic E-state index is 0.0186. The number of aromatic amines is 1. The van der Waals surface area contributed by atoms with E-state index in [1.807, 2.05) is 29.2 Å². The van der Waals surface area contributed by atoms with Crippen LogP contribution < -0.4 is 10.6 Å². The van der Waals surface area contributed by atoms with Crippen molar-refractivity contribution in [2.24, 2.45) is 17.6 Å². The quantitative estimate of drug-likeness (QED) is 0.250. The number of hydrogen-bond acceptors (Lipinski definition) is 10. The first-order valence-corrected chi connectivity index (χ1v) is 13.4. The van der Waals surface area contributed by atoms with Gasteiger partial charge in [0.2, 0.25) is 5.78 Å². The highest BCUT2D eigenvalue weighted by molar-refractivity contribution is 6.25. The number of likely N-dealkylation sites (N-methyl/N-ethyl adjacent to an activating group) is 1. The van der Waals surface area contributed by atoms with Crippen molar-refractivity contribution < 1.29 is 34.8 Å². The molecule has 12 heteroatoms. The molecule has 0 saturated carbocycles. The van der Waals surface area contributed by atoms with E-state index in [0.29, 0.717) is 22.6 Å². The topological polar surface area (TPSA) is 193 Å². The van der Waals surface area contributed by atoms with Gasteiger partial charge < -0.3 is 36.0 Å². The first kappa shape index (κ1) is 27.5. The summed E-state index contributed by atoms with van der Waals surface area (Å²) in [7, 11) is 6.79. The van der Waals surface area contributed by atoms with Gasteiger partial charge in [0.15, 0.2) is 11.4 Å². The summed E-state index contributed by atoms with van der Waals surface area (Å²) >= 11 is 0. The van der Waals surface area contributed by atoms with Crippen LogP contribution in [-0.4, -0.2) is 92.6 Å². The number of aliphatic hydroxyl groups is 3. The number of aromatic hydroxyl groups is 1. The van der Waals surface area contributed by atoms with E-state index < -0.39 is 58.0 Å². The van der Waals surface area contributed by atoms with Gasteiger partial charge in [0.1, 0.15) is 28.7 Å². The maximum atomic E-state index is 14.2. The molecule has 0 unspecified atom stereocenters. The van der Waals surface area contributed by atoms with E-state index in [-0.39, 0.29) is 35.3 Å². The number of carbonyl (C=O) groups is 3. The molecule has 42 heavy (non-hydrogen) atoms. The number of Topliss-reactive ketones (excluding diaryl/α,β-unsaturated/α-hetero) is 2. The number of ketones is 2.